The summed E-state index contributed by atoms with van der Waals surface area (Å²) in [5.74, 6) is 0.843. The third kappa shape index (κ3) is 4.37. The van der Waals surface area contributed by atoms with Crippen LogP contribution in [0.2, 0.25) is 0 Å². The quantitative estimate of drug-likeness (QED) is 0.685. The van der Waals surface area contributed by atoms with E-state index in [0.29, 0.717) is 30.6 Å². The minimum atomic E-state index is -3.59. The highest BCUT2D eigenvalue weighted by Crippen LogP contribution is 2.37. The number of hydrogen-bond donors (Lipinski definition) is 2. The highest BCUT2D eigenvalue weighted by molar-refractivity contribution is 7.89. The second kappa shape index (κ2) is 8.67. The molecule has 9 heteroatoms. The number of hydrogen-bond acceptors (Lipinski definition) is 5. The van der Waals surface area contributed by atoms with Crippen LogP contribution in [0, 0.1) is 11.8 Å². The van der Waals surface area contributed by atoms with Crippen LogP contribution in [-0.4, -0.2) is 58.6 Å². The summed E-state index contributed by atoms with van der Waals surface area (Å²) in [6.45, 7) is 1.95. The minimum absolute atomic E-state index is 0. The predicted molar refractivity (Wildman–Crippen MR) is 101 cm³/mol. The van der Waals surface area contributed by atoms with E-state index in [-0.39, 0.29) is 35.8 Å². The van der Waals surface area contributed by atoms with Crippen LogP contribution < -0.4 is 10.5 Å². The van der Waals surface area contributed by atoms with Gasteiger partial charge in [-0.15, -0.1) is 12.4 Å². The fourth-order valence-electron chi connectivity index (χ4n) is 3.79. The minimum Gasteiger partial charge on any atom is -0.383 e. The largest absolute Gasteiger partial charge is 0.383 e. The van der Waals surface area contributed by atoms with Crippen molar-refractivity contribution in [2.45, 2.75) is 23.8 Å². The Morgan fingerprint density at radius 2 is 1.96 bits per heavy atom. The van der Waals surface area contributed by atoms with Gasteiger partial charge in [0.1, 0.15) is 0 Å². The number of sulfonamides is 1. The number of likely N-dealkylation sites (tertiary alicyclic amines) is 1. The van der Waals surface area contributed by atoms with Crippen molar-refractivity contribution in [2.24, 2.45) is 17.6 Å². The molecule has 0 bridgehead atoms. The van der Waals surface area contributed by atoms with E-state index in [0.717, 1.165) is 19.4 Å². The number of ether oxygens (including phenoxy) is 1. The molecule has 0 spiro atoms. The van der Waals surface area contributed by atoms with Crippen LogP contribution in [0.25, 0.3) is 0 Å². The smallest absolute Gasteiger partial charge is 0.253 e. The van der Waals surface area contributed by atoms with Crippen LogP contribution in [0.15, 0.2) is 29.2 Å². The molecular weight excluding hydrogens is 378 g/mol. The zero-order chi connectivity index (χ0) is 18.0. The van der Waals surface area contributed by atoms with E-state index >= 15 is 0 Å². The zero-order valence-electron chi connectivity index (χ0n) is 14.8. The van der Waals surface area contributed by atoms with Gasteiger partial charge in [-0.3, -0.25) is 4.79 Å². The Morgan fingerprint density at radius 3 is 2.58 bits per heavy atom. The fourth-order valence-corrected chi connectivity index (χ4v) is 4.81. The first-order valence-corrected chi connectivity index (χ1v) is 10.0. The number of carbonyl (C=O) groups excluding carboxylic acids is 1. The van der Waals surface area contributed by atoms with E-state index < -0.39 is 10.0 Å². The van der Waals surface area contributed by atoms with Crippen LogP contribution in [0.5, 0.6) is 0 Å². The second-order valence-corrected chi connectivity index (χ2v) is 8.56. The molecule has 146 valence electrons. The molecule has 1 heterocycles. The standard InChI is InChI=1S/C17H25N3O4S.ClH/c1-24-9-8-19-25(22,23)14-5-2-12(3-6-14)17(21)20-10-13-4-7-16(18)15(13)11-20;/h2-3,5-6,13,15-16,19H,4,7-11,18H2,1H3;1H. The maximum Gasteiger partial charge on any atom is 0.253 e. The highest BCUT2D eigenvalue weighted by Gasteiger charge is 2.42. The lowest BCUT2D eigenvalue weighted by molar-refractivity contribution is 0.0779. The van der Waals surface area contributed by atoms with Gasteiger partial charge in [0.25, 0.3) is 5.91 Å². The van der Waals surface area contributed by atoms with Gasteiger partial charge in [0.05, 0.1) is 11.5 Å². The molecule has 26 heavy (non-hydrogen) atoms. The van der Waals surface area contributed by atoms with Crippen LogP contribution in [0.1, 0.15) is 23.2 Å². The van der Waals surface area contributed by atoms with Crippen molar-refractivity contribution in [1.82, 2.24) is 9.62 Å². The van der Waals surface area contributed by atoms with Crippen LogP contribution >= 0.6 is 12.4 Å². The van der Waals surface area contributed by atoms with Gasteiger partial charge in [-0.1, -0.05) is 0 Å². The lowest BCUT2D eigenvalue weighted by Gasteiger charge is -2.19. The monoisotopic (exact) mass is 403 g/mol. The Labute approximate surface area is 160 Å². The molecule has 1 saturated heterocycles. The summed E-state index contributed by atoms with van der Waals surface area (Å²) in [6.07, 6.45) is 2.12. The first-order valence-electron chi connectivity index (χ1n) is 8.56. The Bertz CT molecular complexity index is 726. The number of rotatable bonds is 6. The van der Waals surface area contributed by atoms with Crippen LogP contribution in [0.4, 0.5) is 0 Å². The Kier molecular flexibility index (Phi) is 7.04. The molecule has 7 nitrogen and oxygen atoms in total. The predicted octanol–water partition coefficient (Wildman–Crippen LogP) is 0.842. The van der Waals surface area contributed by atoms with E-state index in [1.807, 2.05) is 4.90 Å². The fraction of sp³-hybridized carbons (Fsp3) is 0.588. The van der Waals surface area contributed by atoms with E-state index in [2.05, 4.69) is 4.72 Å². The van der Waals surface area contributed by atoms with Crippen molar-refractivity contribution >= 4 is 28.3 Å². The first-order chi connectivity index (χ1) is 11.9. The van der Waals surface area contributed by atoms with Crippen molar-refractivity contribution in [1.29, 1.82) is 0 Å². The van der Waals surface area contributed by atoms with Crippen molar-refractivity contribution in [3.63, 3.8) is 0 Å². The molecule has 1 aromatic rings. The number of carbonyl (C=O) groups is 1. The second-order valence-electron chi connectivity index (χ2n) is 6.79. The summed E-state index contributed by atoms with van der Waals surface area (Å²) < 4.78 is 31.6. The zero-order valence-corrected chi connectivity index (χ0v) is 16.4. The molecule has 1 amide bonds. The number of nitrogens with two attached hydrogens (primary N) is 1. The van der Waals surface area contributed by atoms with E-state index in [4.69, 9.17) is 10.5 Å². The third-order valence-corrected chi connectivity index (χ3v) is 6.69. The van der Waals surface area contributed by atoms with Gasteiger partial charge in [-0.05, 0) is 48.9 Å². The van der Waals surface area contributed by atoms with Crippen molar-refractivity contribution in [3.05, 3.63) is 29.8 Å². The maximum absolute atomic E-state index is 12.7. The molecule has 1 aromatic carbocycles. The summed E-state index contributed by atoms with van der Waals surface area (Å²) >= 11 is 0. The number of fused-ring (bicyclic) bond motifs is 1. The van der Waals surface area contributed by atoms with Crippen LogP contribution in [0.3, 0.4) is 0 Å². The maximum atomic E-state index is 12.7. The molecule has 0 radical (unpaired) electrons. The van der Waals surface area contributed by atoms with Gasteiger partial charge < -0.3 is 15.4 Å². The number of nitrogens with one attached hydrogen (secondary N) is 1. The van der Waals surface area contributed by atoms with Gasteiger partial charge in [-0.2, -0.15) is 0 Å². The summed E-state index contributed by atoms with van der Waals surface area (Å²) in [4.78, 5) is 14.6. The number of nitrogens with zero attached hydrogens (tertiary/aromatic N) is 1. The summed E-state index contributed by atoms with van der Waals surface area (Å²) in [5.41, 5.74) is 6.62. The molecule has 2 fully saturated rings. The van der Waals surface area contributed by atoms with Crippen molar-refractivity contribution in [3.8, 4) is 0 Å². The molecule has 1 saturated carbocycles. The van der Waals surface area contributed by atoms with Gasteiger partial charge >= 0.3 is 0 Å². The average molecular weight is 404 g/mol. The number of methoxy groups -OCH3 is 1. The molecule has 2 aliphatic rings. The van der Waals surface area contributed by atoms with E-state index in [1.165, 1.54) is 19.2 Å². The molecule has 3 atom stereocenters. The number of benzene rings is 1. The molecular formula is C17H26ClN3O4S. The Balaban J connectivity index is 0.00000243. The topological polar surface area (TPSA) is 102 Å². The molecule has 1 aliphatic heterocycles. The van der Waals surface area contributed by atoms with Gasteiger partial charge in [-0.25, -0.2) is 13.1 Å². The summed E-state index contributed by atoms with van der Waals surface area (Å²) in [7, 11) is -2.08. The molecule has 3 N–H and O–H groups in total. The number of amides is 1. The molecule has 3 rings (SSSR count). The molecule has 1 aliphatic carbocycles. The third-order valence-electron chi connectivity index (χ3n) is 5.21. The number of halogens is 1. The summed E-state index contributed by atoms with van der Waals surface area (Å²) in [5, 5.41) is 0. The molecule has 0 aromatic heterocycles. The van der Waals surface area contributed by atoms with Crippen molar-refractivity contribution in [2.75, 3.05) is 33.4 Å². The molecule has 3 unspecified atom stereocenters. The highest BCUT2D eigenvalue weighted by atomic mass is 35.5. The summed E-state index contributed by atoms with van der Waals surface area (Å²) in [6, 6.07) is 6.26. The average Bonchev–Trinajstić information content (AvgIpc) is 3.17. The van der Waals surface area contributed by atoms with Gasteiger partial charge in [0.2, 0.25) is 10.0 Å². The Hall–Kier alpha value is -1.19. The Morgan fingerprint density at radius 1 is 1.27 bits per heavy atom. The first kappa shape index (κ1) is 21.1. The van der Waals surface area contributed by atoms with Gasteiger partial charge in [0, 0.05) is 38.3 Å². The lowest BCUT2D eigenvalue weighted by atomic mass is 9.98. The lowest BCUT2D eigenvalue weighted by Crippen LogP contribution is -2.33. The van der Waals surface area contributed by atoms with Crippen LogP contribution in [-0.2, 0) is 14.8 Å². The van der Waals surface area contributed by atoms with Crippen molar-refractivity contribution < 1.29 is 17.9 Å². The SMILES string of the molecule is COCCNS(=O)(=O)c1ccc(C(=O)N2CC3CCC(N)C3C2)cc1.Cl. The van der Waals surface area contributed by atoms with E-state index in [1.54, 1.807) is 12.1 Å². The van der Waals surface area contributed by atoms with Gasteiger partial charge in [0.15, 0.2) is 0 Å². The normalized spacial score (nSPS) is 25.0. The van der Waals surface area contributed by atoms with E-state index in [9.17, 15) is 13.2 Å².